The molecule has 1 aliphatic rings. The third-order valence-electron chi connectivity index (χ3n) is 4.94. The van der Waals surface area contributed by atoms with Crippen LogP contribution in [0.25, 0.3) is 0 Å². The lowest BCUT2D eigenvalue weighted by atomic mass is 10.1. The molecular weight excluding hydrogens is 502 g/mol. The Labute approximate surface area is 235 Å². The molecule has 38 heavy (non-hydrogen) atoms. The topological polar surface area (TPSA) is 51.2 Å². The highest BCUT2D eigenvalue weighted by Gasteiger charge is 2.29. The third-order valence-corrected chi connectivity index (χ3v) is 6.62. The monoisotopic (exact) mass is 554 g/mol. The lowest BCUT2D eigenvalue weighted by Crippen LogP contribution is -2.51. The molecule has 0 bridgehead atoms. The Bertz CT molecular complexity index is 870. The average Bonchev–Trinajstić information content (AvgIpc) is 2.79. The van der Waals surface area contributed by atoms with Crippen molar-refractivity contribution < 1.29 is 18.3 Å². The maximum absolute atomic E-state index is 13.1. The van der Waals surface area contributed by atoms with Gasteiger partial charge in [0, 0.05) is 23.1 Å². The van der Waals surface area contributed by atoms with Gasteiger partial charge in [0.15, 0.2) is 0 Å². The molecule has 4 nitrogen and oxygen atoms in total. The largest absolute Gasteiger partial charge is 0.478 e. The second-order valence-electron chi connectivity index (χ2n) is 10.4. The number of nitrogens with zero attached hydrogens (tertiary/aromatic N) is 1. The number of ketones is 1. The molecule has 7 heteroatoms. The number of benzene rings is 1. The molecular formula is C31H52F2N2O2S. The maximum Gasteiger partial charge on any atom is 0.213 e. The molecule has 0 saturated carbocycles. The molecule has 0 atom stereocenters. The van der Waals surface area contributed by atoms with Crippen molar-refractivity contribution >= 4 is 17.5 Å². The molecule has 0 amide bonds. The van der Waals surface area contributed by atoms with E-state index in [4.69, 9.17) is 4.74 Å². The van der Waals surface area contributed by atoms with E-state index in [1.165, 1.54) is 31.6 Å². The minimum absolute atomic E-state index is 0.108. The van der Waals surface area contributed by atoms with E-state index in [-0.39, 0.29) is 17.4 Å². The Morgan fingerprint density at radius 1 is 1.03 bits per heavy atom. The van der Waals surface area contributed by atoms with Gasteiger partial charge in [-0.2, -0.15) is 11.8 Å². The highest BCUT2D eigenvalue weighted by Crippen LogP contribution is 2.27. The van der Waals surface area contributed by atoms with Crippen LogP contribution >= 0.6 is 11.8 Å². The normalized spacial score (nSPS) is 12.6. The fourth-order valence-electron chi connectivity index (χ4n) is 2.62. The molecule has 0 aliphatic carbocycles. The number of nitrogens with one attached hydrogen (secondary N) is 1. The predicted octanol–water partition coefficient (Wildman–Crippen LogP) is 8.29. The molecule has 0 spiro atoms. The number of aryl methyl sites for hydroxylation is 4. The van der Waals surface area contributed by atoms with E-state index < -0.39 is 0 Å². The summed E-state index contributed by atoms with van der Waals surface area (Å²) in [6.07, 6.45) is 2.87. The third kappa shape index (κ3) is 19.1. The highest BCUT2D eigenvalue weighted by atomic mass is 32.2. The first-order valence-corrected chi connectivity index (χ1v) is 14.5. The summed E-state index contributed by atoms with van der Waals surface area (Å²) < 4.78 is 31.0. The van der Waals surface area contributed by atoms with E-state index in [1.54, 1.807) is 19.1 Å². The predicted molar refractivity (Wildman–Crippen MR) is 162 cm³/mol. The summed E-state index contributed by atoms with van der Waals surface area (Å²) in [6.45, 7) is 21.9. The Morgan fingerprint density at radius 2 is 1.53 bits per heavy atom. The van der Waals surface area contributed by atoms with Crippen molar-refractivity contribution in [1.82, 2.24) is 10.3 Å². The Kier molecular flexibility index (Phi) is 21.0. The van der Waals surface area contributed by atoms with E-state index >= 15 is 0 Å². The molecule has 0 unspecified atom stereocenters. The summed E-state index contributed by atoms with van der Waals surface area (Å²) in [5.41, 5.74) is 4.05. The van der Waals surface area contributed by atoms with E-state index in [2.05, 4.69) is 38.0 Å². The minimum atomic E-state index is -0.245. The van der Waals surface area contributed by atoms with Crippen LogP contribution in [-0.4, -0.2) is 41.5 Å². The van der Waals surface area contributed by atoms with Crippen LogP contribution in [0.1, 0.15) is 84.1 Å². The second kappa shape index (κ2) is 20.9. The zero-order valence-corrected chi connectivity index (χ0v) is 26.7. The molecule has 0 radical (unpaired) electrons. The molecule has 2 heterocycles. The van der Waals surface area contributed by atoms with Crippen LogP contribution < -0.4 is 10.1 Å². The van der Waals surface area contributed by atoms with Gasteiger partial charge in [-0.3, -0.25) is 0 Å². The van der Waals surface area contributed by atoms with Crippen LogP contribution in [0.4, 0.5) is 8.78 Å². The molecule has 1 aromatic carbocycles. The number of pyridine rings is 1. The first-order valence-electron chi connectivity index (χ1n) is 13.4. The molecule has 1 aromatic heterocycles. The van der Waals surface area contributed by atoms with Crippen LogP contribution in [0, 0.1) is 38.3 Å². The number of hydrogen-bond donors (Lipinski definition) is 1. The van der Waals surface area contributed by atoms with E-state index in [0.29, 0.717) is 23.6 Å². The molecule has 218 valence electrons. The quantitative estimate of drug-likeness (QED) is 0.403. The maximum atomic E-state index is 13.1. The number of aromatic nitrogens is 1. The number of thioether (sulfide) groups is 1. The lowest BCUT2D eigenvalue weighted by molar-refractivity contribution is -0.115. The van der Waals surface area contributed by atoms with Crippen LogP contribution in [-0.2, 0) is 11.2 Å². The fourth-order valence-corrected chi connectivity index (χ4v) is 3.73. The van der Waals surface area contributed by atoms with Crippen molar-refractivity contribution in [2.45, 2.75) is 94.5 Å². The molecule has 1 aliphatic heterocycles. The number of ether oxygens (including phenoxy) is 1. The van der Waals surface area contributed by atoms with Gasteiger partial charge in [0.1, 0.15) is 17.4 Å². The first kappa shape index (κ1) is 38.2. The summed E-state index contributed by atoms with van der Waals surface area (Å²) in [4.78, 5) is 13.3. The summed E-state index contributed by atoms with van der Waals surface area (Å²) in [6, 6.07) is 5.11. The lowest BCUT2D eigenvalue weighted by Gasteiger charge is -2.37. The van der Waals surface area contributed by atoms with Gasteiger partial charge < -0.3 is 14.8 Å². The first-order chi connectivity index (χ1) is 17.6. The Hall–Kier alpha value is -1.99. The van der Waals surface area contributed by atoms with E-state index in [0.717, 1.165) is 35.4 Å². The van der Waals surface area contributed by atoms with E-state index in [1.807, 2.05) is 52.6 Å². The fraction of sp³-hybridized carbons (Fsp3) is 0.613. The summed E-state index contributed by atoms with van der Waals surface area (Å²) in [5.74, 6) is 3.72. The standard InChI is InChI=1S/C10H14FNO.C9H11F.C5H11NS.C4H10.C3H6O/c1-3-5-8-6-10(13-4-2)12-7-9(8)11;1-6-4-8(3)9(10)5-7(6)2;1-5(6-2)3-7-4-5;1-4(2)3;1-3(2)4/h6-7H,3-5H2,1-2H3;4-5H,1-3H3;6H,3-4H2,1-2H3;4H,1-3H3;1-2H3. The smallest absolute Gasteiger partial charge is 0.213 e. The van der Waals surface area contributed by atoms with Gasteiger partial charge in [-0.05, 0) is 96.2 Å². The highest BCUT2D eigenvalue weighted by molar-refractivity contribution is 8.00. The molecule has 3 rings (SSSR count). The summed E-state index contributed by atoms with van der Waals surface area (Å²) in [5, 5.41) is 3.26. The van der Waals surface area contributed by atoms with Gasteiger partial charge in [0.05, 0.1) is 12.8 Å². The summed E-state index contributed by atoms with van der Waals surface area (Å²) >= 11 is 2.01. The van der Waals surface area contributed by atoms with Gasteiger partial charge >= 0.3 is 0 Å². The van der Waals surface area contributed by atoms with E-state index in [9.17, 15) is 13.6 Å². The van der Waals surface area contributed by atoms with Crippen molar-refractivity contribution in [1.29, 1.82) is 0 Å². The van der Waals surface area contributed by atoms with Gasteiger partial charge in [0.25, 0.3) is 0 Å². The van der Waals surface area contributed by atoms with Gasteiger partial charge in [-0.25, -0.2) is 13.8 Å². The number of hydrogen-bond acceptors (Lipinski definition) is 5. The second-order valence-corrected chi connectivity index (χ2v) is 11.4. The van der Waals surface area contributed by atoms with Crippen LogP contribution in [0.2, 0.25) is 0 Å². The number of halogens is 2. The number of carbonyl (C=O) groups is 1. The molecule has 1 N–H and O–H groups in total. The van der Waals surface area contributed by atoms with Crippen molar-refractivity contribution in [3.05, 3.63) is 58.3 Å². The van der Waals surface area contributed by atoms with Crippen LogP contribution in [0.5, 0.6) is 5.88 Å². The zero-order chi connectivity index (χ0) is 29.9. The number of rotatable bonds is 5. The Balaban J connectivity index is 0. The van der Waals surface area contributed by atoms with Crippen molar-refractivity contribution in [2.75, 3.05) is 25.2 Å². The minimum Gasteiger partial charge on any atom is -0.478 e. The Morgan fingerprint density at radius 3 is 1.87 bits per heavy atom. The van der Waals surface area contributed by atoms with Crippen LogP contribution in [0.3, 0.4) is 0 Å². The summed E-state index contributed by atoms with van der Waals surface area (Å²) in [7, 11) is 2.03. The zero-order valence-electron chi connectivity index (χ0n) is 25.9. The number of Topliss-reactive ketones (excluding diaryl/α,β-unsaturated/α-hetero) is 1. The molecule has 1 saturated heterocycles. The van der Waals surface area contributed by atoms with Gasteiger partial charge in [-0.1, -0.05) is 40.2 Å². The van der Waals surface area contributed by atoms with Crippen molar-refractivity contribution in [2.24, 2.45) is 5.92 Å². The van der Waals surface area contributed by atoms with Crippen molar-refractivity contribution in [3.63, 3.8) is 0 Å². The molecule has 1 fully saturated rings. The van der Waals surface area contributed by atoms with Crippen LogP contribution in [0.15, 0.2) is 24.4 Å². The van der Waals surface area contributed by atoms with Gasteiger partial charge in [0.2, 0.25) is 5.88 Å². The average molecular weight is 555 g/mol. The van der Waals surface area contributed by atoms with Crippen molar-refractivity contribution in [3.8, 4) is 5.88 Å². The SMILES string of the molecule is CC(C)=O.CC(C)C.CCCc1cc(OCC)ncc1F.CNC1(C)CSC1.Cc1cc(C)c(F)cc1C. The van der Waals surface area contributed by atoms with Gasteiger partial charge in [-0.15, -0.1) is 0 Å². The molecule has 2 aromatic rings. The number of carbonyl (C=O) groups excluding carboxylic acids is 1.